The van der Waals surface area contributed by atoms with Crippen LogP contribution in [-0.2, 0) is 11.3 Å². The first-order chi connectivity index (χ1) is 12.0. The van der Waals surface area contributed by atoms with Crippen molar-refractivity contribution in [2.24, 2.45) is 5.92 Å². The molecule has 1 saturated heterocycles. The van der Waals surface area contributed by atoms with Gasteiger partial charge in [0.05, 0.1) is 12.6 Å². The lowest BCUT2D eigenvalue weighted by atomic mass is 10.1. The van der Waals surface area contributed by atoms with Gasteiger partial charge in [0.2, 0.25) is 5.91 Å². The molecule has 134 valence electrons. The highest BCUT2D eigenvalue weighted by Crippen LogP contribution is 2.20. The number of benzene rings is 1. The van der Waals surface area contributed by atoms with Gasteiger partial charge in [0.25, 0.3) is 5.56 Å². The van der Waals surface area contributed by atoms with Crippen LogP contribution in [0.15, 0.2) is 29.1 Å². The van der Waals surface area contributed by atoms with E-state index in [1.165, 1.54) is 0 Å². The Morgan fingerprint density at radius 2 is 2.12 bits per heavy atom. The maximum absolute atomic E-state index is 12.4. The minimum absolute atomic E-state index is 0.0784. The highest BCUT2D eigenvalue weighted by Gasteiger charge is 2.29. The Hall–Kier alpha value is -2.34. The maximum Gasteiger partial charge on any atom is 0.252 e. The van der Waals surface area contributed by atoms with Crippen molar-refractivity contribution in [2.45, 2.75) is 19.9 Å². The molecule has 0 radical (unpaired) electrons. The maximum atomic E-state index is 12.4. The Morgan fingerprint density at radius 3 is 2.80 bits per heavy atom. The summed E-state index contributed by atoms with van der Waals surface area (Å²) in [7, 11) is 3.60. The number of carbonyl (C=O) groups excluding carboxylic acids is 1. The fraction of sp³-hybridized carbons (Fsp3) is 0.474. The van der Waals surface area contributed by atoms with Gasteiger partial charge in [-0.1, -0.05) is 0 Å². The number of nitrogens with zero attached hydrogens (tertiary/aromatic N) is 2. The highest BCUT2D eigenvalue weighted by molar-refractivity contribution is 5.80. The first-order valence-electron chi connectivity index (χ1n) is 8.66. The molecule has 1 amide bonds. The molecular weight excluding hydrogens is 318 g/mol. The van der Waals surface area contributed by atoms with Crippen LogP contribution < -0.4 is 10.3 Å². The van der Waals surface area contributed by atoms with Gasteiger partial charge in [0.15, 0.2) is 0 Å². The topological polar surface area (TPSA) is 65.6 Å². The number of H-pyrrole nitrogens is 1. The zero-order valence-electron chi connectivity index (χ0n) is 15.0. The number of fused-ring (bicyclic) bond motifs is 1. The van der Waals surface area contributed by atoms with Crippen LogP contribution in [0.25, 0.3) is 10.9 Å². The van der Waals surface area contributed by atoms with E-state index in [0.29, 0.717) is 18.9 Å². The third kappa shape index (κ3) is 3.85. The van der Waals surface area contributed by atoms with E-state index in [2.05, 4.69) is 9.88 Å². The molecule has 6 nitrogen and oxygen atoms in total. The number of ether oxygens (including phenoxy) is 1. The third-order valence-corrected chi connectivity index (χ3v) is 4.82. The van der Waals surface area contributed by atoms with Gasteiger partial charge in [-0.2, -0.15) is 0 Å². The Balaban J connectivity index is 1.71. The fourth-order valence-corrected chi connectivity index (χ4v) is 3.55. The molecule has 1 aliphatic heterocycles. The van der Waals surface area contributed by atoms with Crippen LogP contribution in [0.1, 0.15) is 18.9 Å². The highest BCUT2D eigenvalue weighted by atomic mass is 16.5. The SMILES string of the molecule is CCN1C[C@H](CN(C)Cc2cc3ccc(OC)cc3[nH]c2=O)CC1=O. The van der Waals surface area contributed by atoms with Gasteiger partial charge < -0.3 is 19.5 Å². The Kier molecular flexibility index (Phi) is 5.08. The van der Waals surface area contributed by atoms with Crippen molar-refractivity contribution in [1.29, 1.82) is 0 Å². The minimum Gasteiger partial charge on any atom is -0.497 e. The summed E-state index contributed by atoms with van der Waals surface area (Å²) in [6.45, 7) is 4.96. The lowest BCUT2D eigenvalue weighted by Crippen LogP contribution is -2.30. The summed E-state index contributed by atoms with van der Waals surface area (Å²) in [5, 5.41) is 0.983. The summed E-state index contributed by atoms with van der Waals surface area (Å²) < 4.78 is 5.20. The molecular formula is C19H25N3O3. The number of aromatic nitrogens is 1. The Bertz CT molecular complexity index is 830. The van der Waals surface area contributed by atoms with Crippen LogP contribution in [0.2, 0.25) is 0 Å². The fourth-order valence-electron chi connectivity index (χ4n) is 3.55. The van der Waals surface area contributed by atoms with E-state index in [0.717, 1.165) is 41.9 Å². The number of methoxy groups -OCH3 is 1. The van der Waals surface area contributed by atoms with Gasteiger partial charge >= 0.3 is 0 Å². The lowest BCUT2D eigenvalue weighted by Gasteiger charge is -2.21. The Labute approximate surface area is 147 Å². The van der Waals surface area contributed by atoms with E-state index in [-0.39, 0.29) is 11.5 Å². The normalized spacial score (nSPS) is 17.7. The largest absolute Gasteiger partial charge is 0.497 e. The average molecular weight is 343 g/mol. The van der Waals surface area contributed by atoms with Crippen molar-refractivity contribution in [1.82, 2.24) is 14.8 Å². The number of nitrogens with one attached hydrogen (secondary N) is 1. The summed E-state index contributed by atoms with van der Waals surface area (Å²) in [6.07, 6.45) is 0.603. The van der Waals surface area contributed by atoms with Crippen molar-refractivity contribution in [3.05, 3.63) is 40.2 Å². The van der Waals surface area contributed by atoms with E-state index in [9.17, 15) is 9.59 Å². The van der Waals surface area contributed by atoms with Crippen LogP contribution in [0, 0.1) is 5.92 Å². The van der Waals surface area contributed by atoms with E-state index in [1.807, 2.05) is 43.1 Å². The summed E-state index contributed by atoms with van der Waals surface area (Å²) >= 11 is 0. The van der Waals surface area contributed by atoms with E-state index in [1.54, 1.807) is 7.11 Å². The van der Waals surface area contributed by atoms with E-state index < -0.39 is 0 Å². The molecule has 0 saturated carbocycles. The van der Waals surface area contributed by atoms with Gasteiger partial charge in [-0.25, -0.2) is 0 Å². The molecule has 0 aliphatic carbocycles. The first kappa shape index (κ1) is 17.5. The van der Waals surface area contributed by atoms with Crippen LogP contribution >= 0.6 is 0 Å². The first-order valence-corrected chi connectivity index (χ1v) is 8.66. The van der Waals surface area contributed by atoms with Gasteiger partial charge in [0, 0.05) is 44.2 Å². The predicted molar refractivity (Wildman–Crippen MR) is 97.8 cm³/mol. The molecule has 1 aliphatic rings. The van der Waals surface area contributed by atoms with Gasteiger partial charge in [-0.05, 0) is 43.5 Å². The average Bonchev–Trinajstić information content (AvgIpc) is 2.94. The number of likely N-dealkylation sites (tertiary alicyclic amines) is 1. The van der Waals surface area contributed by atoms with Crippen molar-refractivity contribution in [3.63, 3.8) is 0 Å². The molecule has 2 aromatic rings. The van der Waals surface area contributed by atoms with Gasteiger partial charge in [-0.3, -0.25) is 9.59 Å². The smallest absolute Gasteiger partial charge is 0.252 e. The molecule has 25 heavy (non-hydrogen) atoms. The van der Waals surface area contributed by atoms with Crippen LogP contribution in [-0.4, -0.2) is 54.5 Å². The number of amides is 1. The van der Waals surface area contributed by atoms with E-state index >= 15 is 0 Å². The number of hydrogen-bond acceptors (Lipinski definition) is 4. The summed E-state index contributed by atoms with van der Waals surface area (Å²) in [5.41, 5.74) is 1.43. The van der Waals surface area contributed by atoms with Gasteiger partial charge in [-0.15, -0.1) is 0 Å². The summed E-state index contributed by atoms with van der Waals surface area (Å²) in [4.78, 5) is 31.2. The third-order valence-electron chi connectivity index (χ3n) is 4.82. The predicted octanol–water partition coefficient (Wildman–Crippen LogP) is 1.84. The summed E-state index contributed by atoms with van der Waals surface area (Å²) in [5.74, 6) is 1.29. The van der Waals surface area contributed by atoms with Crippen molar-refractivity contribution in [3.8, 4) is 5.75 Å². The zero-order chi connectivity index (χ0) is 18.0. The van der Waals surface area contributed by atoms with Crippen molar-refractivity contribution in [2.75, 3.05) is 33.8 Å². The molecule has 2 heterocycles. The zero-order valence-corrected chi connectivity index (χ0v) is 15.0. The van der Waals surface area contributed by atoms with Crippen LogP contribution in [0.4, 0.5) is 0 Å². The second-order valence-corrected chi connectivity index (χ2v) is 6.78. The molecule has 1 N–H and O–H groups in total. The monoisotopic (exact) mass is 343 g/mol. The lowest BCUT2D eigenvalue weighted by molar-refractivity contribution is -0.127. The van der Waals surface area contributed by atoms with Crippen LogP contribution in [0.3, 0.4) is 0 Å². The number of rotatable bonds is 6. The second-order valence-electron chi connectivity index (χ2n) is 6.78. The van der Waals surface area contributed by atoms with Gasteiger partial charge in [0.1, 0.15) is 5.75 Å². The van der Waals surface area contributed by atoms with Crippen LogP contribution in [0.5, 0.6) is 5.75 Å². The Morgan fingerprint density at radius 1 is 1.32 bits per heavy atom. The van der Waals surface area contributed by atoms with Crippen molar-refractivity contribution >= 4 is 16.8 Å². The molecule has 1 aromatic carbocycles. The quantitative estimate of drug-likeness (QED) is 0.869. The molecule has 0 unspecified atom stereocenters. The molecule has 3 rings (SSSR count). The standard InChI is InChI=1S/C19H25N3O3/c1-4-22-11-13(7-18(22)23)10-21(2)12-15-8-14-5-6-16(25-3)9-17(14)20-19(15)24/h5-6,8-9,13H,4,7,10-12H2,1-3H3,(H,20,24)/t13-/m0/s1. The van der Waals surface area contributed by atoms with E-state index in [4.69, 9.17) is 4.74 Å². The number of pyridine rings is 1. The minimum atomic E-state index is -0.0784. The molecule has 0 spiro atoms. The number of carbonyl (C=O) groups is 1. The van der Waals surface area contributed by atoms with Crippen molar-refractivity contribution < 1.29 is 9.53 Å². The molecule has 1 aromatic heterocycles. The number of hydrogen-bond donors (Lipinski definition) is 1. The summed E-state index contributed by atoms with van der Waals surface area (Å²) in [6, 6.07) is 7.59. The molecule has 1 fully saturated rings. The molecule has 6 heteroatoms. The second kappa shape index (κ2) is 7.27. The molecule has 0 bridgehead atoms. The number of aromatic amines is 1. The molecule has 1 atom stereocenters.